The molecule has 1 aliphatic rings. The van der Waals surface area contributed by atoms with Crippen LogP contribution in [0.3, 0.4) is 0 Å². The molecule has 8 heteroatoms. The summed E-state index contributed by atoms with van der Waals surface area (Å²) in [7, 11) is -1.49. The van der Waals surface area contributed by atoms with Gasteiger partial charge < -0.3 is 9.80 Å². The number of carbonyl (C=O) groups excluding carboxylic acids is 1. The molecule has 1 aromatic rings. The van der Waals surface area contributed by atoms with E-state index in [9.17, 15) is 13.2 Å². The van der Waals surface area contributed by atoms with Gasteiger partial charge in [-0.2, -0.15) is 5.26 Å². The van der Waals surface area contributed by atoms with Gasteiger partial charge in [0.2, 0.25) is 15.9 Å². The Morgan fingerprint density at radius 3 is 2.29 bits per heavy atom. The quantitative estimate of drug-likeness (QED) is 0.771. The Morgan fingerprint density at radius 1 is 1.21 bits per heavy atom. The zero-order valence-corrected chi connectivity index (χ0v) is 14.8. The zero-order chi connectivity index (χ0) is 17.7. The van der Waals surface area contributed by atoms with E-state index in [0.29, 0.717) is 24.3 Å². The largest absolute Gasteiger partial charge is 0.340 e. The lowest BCUT2D eigenvalue weighted by atomic mass is 10.2. The van der Waals surface area contributed by atoms with Crippen LogP contribution in [0.15, 0.2) is 24.3 Å². The maximum absolute atomic E-state index is 12.3. The minimum Gasteiger partial charge on any atom is -0.340 e. The molecule has 0 aliphatic carbocycles. The number of rotatable bonds is 5. The van der Waals surface area contributed by atoms with E-state index in [1.165, 1.54) is 4.31 Å². The first-order valence-corrected chi connectivity index (χ1v) is 9.60. The fraction of sp³-hybridized carbons (Fsp3) is 0.500. The number of sulfonamides is 1. The summed E-state index contributed by atoms with van der Waals surface area (Å²) in [5.41, 5.74) is 0.920. The summed E-state index contributed by atoms with van der Waals surface area (Å²) in [6.07, 6.45) is 1.25. The predicted molar refractivity (Wildman–Crippen MR) is 92.0 cm³/mol. The van der Waals surface area contributed by atoms with Crippen molar-refractivity contribution in [3.8, 4) is 6.07 Å². The Bertz CT molecular complexity index is 717. The highest BCUT2D eigenvalue weighted by Crippen LogP contribution is 2.19. The van der Waals surface area contributed by atoms with E-state index >= 15 is 0 Å². The number of hydrogen-bond donors (Lipinski definition) is 0. The van der Waals surface area contributed by atoms with E-state index in [-0.39, 0.29) is 18.9 Å². The van der Waals surface area contributed by atoms with Crippen molar-refractivity contribution in [3.63, 3.8) is 0 Å². The van der Waals surface area contributed by atoms with Crippen LogP contribution in [0.5, 0.6) is 0 Å². The summed E-state index contributed by atoms with van der Waals surface area (Å²) < 4.78 is 25.3. The number of amides is 1. The third-order valence-corrected chi connectivity index (χ3v) is 5.26. The molecule has 130 valence electrons. The van der Waals surface area contributed by atoms with E-state index < -0.39 is 10.0 Å². The van der Waals surface area contributed by atoms with Crippen LogP contribution in [-0.4, -0.2) is 70.2 Å². The van der Waals surface area contributed by atoms with Crippen LogP contribution < -0.4 is 4.31 Å². The molecular formula is C16H22N4O3S. The van der Waals surface area contributed by atoms with Gasteiger partial charge in [0.15, 0.2) is 0 Å². The molecular weight excluding hydrogens is 328 g/mol. The topological polar surface area (TPSA) is 84.7 Å². The maximum Gasteiger partial charge on any atom is 0.232 e. The Balaban J connectivity index is 2.04. The molecule has 2 rings (SSSR count). The van der Waals surface area contributed by atoms with Crippen molar-refractivity contribution in [3.05, 3.63) is 29.8 Å². The highest BCUT2D eigenvalue weighted by molar-refractivity contribution is 7.92. The first-order valence-electron chi connectivity index (χ1n) is 7.75. The molecule has 1 fully saturated rings. The number of nitriles is 1. The Hall–Kier alpha value is -2.11. The Morgan fingerprint density at radius 2 is 1.79 bits per heavy atom. The fourth-order valence-corrected chi connectivity index (χ4v) is 3.53. The minimum absolute atomic E-state index is 0.0367. The highest BCUT2D eigenvalue weighted by atomic mass is 32.2. The molecule has 0 atom stereocenters. The first-order chi connectivity index (χ1) is 11.3. The summed E-state index contributed by atoms with van der Waals surface area (Å²) in [4.78, 5) is 16.2. The third-order valence-electron chi connectivity index (χ3n) is 4.07. The first kappa shape index (κ1) is 18.2. The number of piperazine rings is 1. The summed E-state index contributed by atoms with van der Waals surface area (Å²) in [6, 6.07) is 8.29. The normalized spacial score (nSPS) is 15.8. The summed E-state index contributed by atoms with van der Waals surface area (Å²) in [5, 5.41) is 8.83. The van der Waals surface area contributed by atoms with E-state index in [2.05, 4.69) is 4.90 Å². The SMILES string of the molecule is CN1CCN(C(=O)CCN(c2ccc(C#N)cc2)S(C)(=O)=O)CC1. The maximum atomic E-state index is 12.3. The van der Waals surface area contributed by atoms with Crippen molar-refractivity contribution in [2.45, 2.75) is 6.42 Å². The molecule has 1 saturated heterocycles. The van der Waals surface area contributed by atoms with Gasteiger partial charge >= 0.3 is 0 Å². The fourth-order valence-electron chi connectivity index (χ4n) is 2.60. The predicted octanol–water partition coefficient (Wildman–Crippen LogP) is 0.488. The molecule has 1 aromatic carbocycles. The molecule has 7 nitrogen and oxygen atoms in total. The van der Waals surface area contributed by atoms with Gasteiger partial charge in [0.05, 0.1) is 23.6 Å². The lowest BCUT2D eigenvalue weighted by molar-refractivity contribution is -0.132. The van der Waals surface area contributed by atoms with E-state index in [4.69, 9.17) is 5.26 Å². The minimum atomic E-state index is -3.50. The molecule has 24 heavy (non-hydrogen) atoms. The summed E-state index contributed by atoms with van der Waals surface area (Å²) >= 11 is 0. The van der Waals surface area contributed by atoms with Crippen LogP contribution in [0.1, 0.15) is 12.0 Å². The van der Waals surface area contributed by atoms with Crippen LogP contribution in [0.2, 0.25) is 0 Å². The van der Waals surface area contributed by atoms with Gasteiger partial charge in [0.25, 0.3) is 0 Å². The van der Waals surface area contributed by atoms with Crippen molar-refractivity contribution in [1.82, 2.24) is 9.80 Å². The number of benzene rings is 1. The summed E-state index contributed by atoms with van der Waals surface area (Å²) in [5.74, 6) is -0.0367. The Labute approximate surface area is 143 Å². The smallest absolute Gasteiger partial charge is 0.232 e. The molecule has 0 aromatic heterocycles. The Kier molecular flexibility index (Phi) is 5.80. The lowest BCUT2D eigenvalue weighted by Crippen LogP contribution is -2.48. The molecule has 1 heterocycles. The van der Waals surface area contributed by atoms with Crippen LogP contribution in [0.25, 0.3) is 0 Å². The zero-order valence-electron chi connectivity index (χ0n) is 14.0. The number of hydrogen-bond acceptors (Lipinski definition) is 5. The molecule has 0 unspecified atom stereocenters. The second-order valence-electron chi connectivity index (χ2n) is 5.93. The molecule has 1 amide bonds. The van der Waals surface area contributed by atoms with Gasteiger partial charge in [-0.25, -0.2) is 8.42 Å². The lowest BCUT2D eigenvalue weighted by Gasteiger charge is -2.33. The molecule has 0 spiro atoms. The number of anilines is 1. The molecule has 0 saturated carbocycles. The van der Waals surface area contributed by atoms with Crippen molar-refractivity contribution in [1.29, 1.82) is 5.26 Å². The van der Waals surface area contributed by atoms with Gasteiger partial charge in [-0.1, -0.05) is 0 Å². The molecule has 0 radical (unpaired) electrons. The van der Waals surface area contributed by atoms with Gasteiger partial charge in [0, 0.05) is 39.1 Å². The van der Waals surface area contributed by atoms with Gasteiger partial charge in [-0.15, -0.1) is 0 Å². The number of carbonyl (C=O) groups is 1. The third kappa shape index (κ3) is 4.69. The van der Waals surface area contributed by atoms with Crippen LogP contribution in [-0.2, 0) is 14.8 Å². The summed E-state index contributed by atoms with van der Waals surface area (Å²) in [6.45, 7) is 3.10. The van der Waals surface area contributed by atoms with Crippen molar-refractivity contribution >= 4 is 21.6 Å². The number of likely N-dealkylation sites (N-methyl/N-ethyl adjacent to an activating group) is 1. The second-order valence-corrected chi connectivity index (χ2v) is 7.83. The van der Waals surface area contributed by atoms with E-state index in [1.54, 1.807) is 29.2 Å². The van der Waals surface area contributed by atoms with Crippen molar-refractivity contribution in [2.75, 3.05) is 50.3 Å². The molecule has 1 aliphatic heterocycles. The second kappa shape index (κ2) is 7.64. The highest BCUT2D eigenvalue weighted by Gasteiger charge is 2.22. The molecule has 0 N–H and O–H groups in total. The van der Waals surface area contributed by atoms with Gasteiger partial charge in [-0.3, -0.25) is 9.10 Å². The van der Waals surface area contributed by atoms with Crippen molar-refractivity contribution < 1.29 is 13.2 Å². The number of nitrogens with zero attached hydrogens (tertiary/aromatic N) is 4. The van der Waals surface area contributed by atoms with Gasteiger partial charge in [-0.05, 0) is 31.3 Å². The standard InChI is InChI=1S/C16H22N4O3S/c1-18-9-11-19(12-10-18)16(21)7-8-20(24(2,22)23)15-5-3-14(13-17)4-6-15/h3-6H,7-12H2,1-2H3. The van der Waals surface area contributed by atoms with Crippen LogP contribution >= 0.6 is 0 Å². The average Bonchev–Trinajstić information content (AvgIpc) is 2.55. The van der Waals surface area contributed by atoms with Gasteiger partial charge in [0.1, 0.15) is 0 Å². The van der Waals surface area contributed by atoms with Crippen LogP contribution in [0.4, 0.5) is 5.69 Å². The monoisotopic (exact) mass is 350 g/mol. The molecule has 0 bridgehead atoms. The van der Waals surface area contributed by atoms with E-state index in [0.717, 1.165) is 19.3 Å². The average molecular weight is 350 g/mol. The van der Waals surface area contributed by atoms with Crippen molar-refractivity contribution in [2.24, 2.45) is 0 Å². The van der Waals surface area contributed by atoms with Crippen LogP contribution in [0, 0.1) is 11.3 Å². The van der Waals surface area contributed by atoms with E-state index in [1.807, 2.05) is 13.1 Å².